The van der Waals surface area contributed by atoms with Gasteiger partial charge in [0.05, 0.1) is 6.61 Å². The Morgan fingerprint density at radius 3 is 2.89 bits per heavy atom. The highest BCUT2D eigenvalue weighted by Crippen LogP contribution is 2.33. The lowest BCUT2D eigenvalue weighted by atomic mass is 10.0. The summed E-state index contributed by atoms with van der Waals surface area (Å²) >= 11 is 0. The largest absolute Gasteiger partial charge is 0.490 e. The third kappa shape index (κ3) is 3.70. The van der Waals surface area contributed by atoms with Crippen molar-refractivity contribution in [3.05, 3.63) is 29.6 Å². The van der Waals surface area contributed by atoms with E-state index in [1.807, 2.05) is 13.0 Å². The van der Waals surface area contributed by atoms with Crippen LogP contribution in [-0.2, 0) is 6.42 Å². The molecule has 2 rings (SSSR count). The minimum Gasteiger partial charge on any atom is -0.490 e. The van der Waals surface area contributed by atoms with Crippen LogP contribution in [0.15, 0.2) is 18.2 Å². The number of rotatable bonds is 7. The van der Waals surface area contributed by atoms with Gasteiger partial charge in [0.15, 0.2) is 11.6 Å². The Hall–Kier alpha value is -1.09. The molecule has 0 aromatic heterocycles. The summed E-state index contributed by atoms with van der Waals surface area (Å²) in [5, 5.41) is 0. The molecule has 0 bridgehead atoms. The van der Waals surface area contributed by atoms with Crippen LogP contribution in [0.25, 0.3) is 0 Å². The summed E-state index contributed by atoms with van der Waals surface area (Å²) in [5.74, 6) is 0.937. The molecule has 1 aliphatic rings. The fraction of sp³-hybridized carbons (Fsp3) is 0.600. The smallest absolute Gasteiger partial charge is 0.165 e. The summed E-state index contributed by atoms with van der Waals surface area (Å²) in [6, 6.07) is 5.15. The van der Waals surface area contributed by atoms with Gasteiger partial charge in [0, 0.05) is 6.04 Å². The van der Waals surface area contributed by atoms with Gasteiger partial charge in [-0.3, -0.25) is 0 Å². The molecule has 0 radical (unpaired) electrons. The first-order valence-corrected chi connectivity index (χ1v) is 6.86. The van der Waals surface area contributed by atoms with Crippen molar-refractivity contribution in [2.75, 3.05) is 6.61 Å². The maximum absolute atomic E-state index is 13.8. The monoisotopic (exact) mass is 251 g/mol. The Balaban J connectivity index is 1.99. The van der Waals surface area contributed by atoms with E-state index in [9.17, 15) is 4.39 Å². The van der Waals surface area contributed by atoms with E-state index in [1.165, 1.54) is 18.9 Å². The topological polar surface area (TPSA) is 35.2 Å². The SMILES string of the molecule is CCC(N)Cc1cccc(F)c1OCCC1CC1. The summed E-state index contributed by atoms with van der Waals surface area (Å²) in [6.07, 6.45) is 5.20. The van der Waals surface area contributed by atoms with E-state index in [1.54, 1.807) is 6.07 Å². The quantitative estimate of drug-likeness (QED) is 0.807. The second kappa shape index (κ2) is 6.19. The van der Waals surface area contributed by atoms with E-state index in [0.717, 1.165) is 24.3 Å². The van der Waals surface area contributed by atoms with Crippen LogP contribution in [0, 0.1) is 11.7 Å². The van der Waals surface area contributed by atoms with E-state index in [2.05, 4.69) is 0 Å². The maximum Gasteiger partial charge on any atom is 0.165 e. The Bertz CT molecular complexity index is 390. The van der Waals surface area contributed by atoms with Gasteiger partial charge in [-0.2, -0.15) is 0 Å². The van der Waals surface area contributed by atoms with Crippen molar-refractivity contribution in [3.8, 4) is 5.75 Å². The van der Waals surface area contributed by atoms with Crippen LogP contribution in [0.3, 0.4) is 0 Å². The third-order valence-electron chi connectivity index (χ3n) is 3.52. The van der Waals surface area contributed by atoms with Crippen molar-refractivity contribution < 1.29 is 9.13 Å². The molecule has 0 heterocycles. The van der Waals surface area contributed by atoms with Crippen LogP contribution in [-0.4, -0.2) is 12.6 Å². The molecule has 1 saturated carbocycles. The molecule has 2 N–H and O–H groups in total. The first kappa shape index (κ1) is 13.3. The molecule has 18 heavy (non-hydrogen) atoms. The minimum absolute atomic E-state index is 0.0672. The van der Waals surface area contributed by atoms with Crippen molar-refractivity contribution in [3.63, 3.8) is 0 Å². The van der Waals surface area contributed by atoms with Crippen LogP contribution in [0.2, 0.25) is 0 Å². The number of hydrogen-bond acceptors (Lipinski definition) is 2. The number of hydrogen-bond donors (Lipinski definition) is 1. The molecule has 100 valence electrons. The van der Waals surface area contributed by atoms with Crippen molar-refractivity contribution in [2.24, 2.45) is 11.7 Å². The maximum atomic E-state index is 13.8. The van der Waals surface area contributed by atoms with Gasteiger partial charge < -0.3 is 10.5 Å². The van der Waals surface area contributed by atoms with E-state index >= 15 is 0 Å². The lowest BCUT2D eigenvalue weighted by Crippen LogP contribution is -2.22. The second-order valence-corrected chi connectivity index (χ2v) is 5.18. The van der Waals surface area contributed by atoms with Crippen molar-refractivity contribution in [1.29, 1.82) is 0 Å². The number of ether oxygens (including phenoxy) is 1. The van der Waals surface area contributed by atoms with Gasteiger partial charge in [-0.25, -0.2) is 4.39 Å². The van der Waals surface area contributed by atoms with Crippen LogP contribution in [0.4, 0.5) is 4.39 Å². The fourth-order valence-corrected chi connectivity index (χ4v) is 2.04. The predicted octanol–water partition coefficient (Wildman–Crippen LogP) is 3.28. The first-order chi connectivity index (χ1) is 8.70. The first-order valence-electron chi connectivity index (χ1n) is 6.86. The average molecular weight is 251 g/mol. The summed E-state index contributed by atoms with van der Waals surface area (Å²) in [6.45, 7) is 2.65. The zero-order valence-corrected chi connectivity index (χ0v) is 11.0. The highest BCUT2D eigenvalue weighted by molar-refractivity contribution is 5.35. The van der Waals surface area contributed by atoms with Crippen LogP contribution in [0.1, 0.15) is 38.2 Å². The van der Waals surface area contributed by atoms with Gasteiger partial charge in [-0.1, -0.05) is 31.9 Å². The van der Waals surface area contributed by atoms with Crippen molar-refractivity contribution in [2.45, 2.75) is 45.1 Å². The van der Waals surface area contributed by atoms with Crippen LogP contribution < -0.4 is 10.5 Å². The standard InChI is InChI=1S/C15H22FNO/c1-2-13(17)10-12-4-3-5-14(16)15(12)18-9-8-11-6-7-11/h3-5,11,13H,2,6-10,17H2,1H3. The molecule has 1 unspecified atom stereocenters. The summed E-state index contributed by atoms with van der Waals surface area (Å²) in [7, 11) is 0. The Morgan fingerprint density at radius 1 is 1.44 bits per heavy atom. The van der Waals surface area contributed by atoms with Gasteiger partial charge in [-0.15, -0.1) is 0 Å². The van der Waals surface area contributed by atoms with E-state index in [4.69, 9.17) is 10.5 Å². The van der Waals surface area contributed by atoms with Gasteiger partial charge >= 0.3 is 0 Å². The lowest BCUT2D eigenvalue weighted by Gasteiger charge is -2.15. The van der Waals surface area contributed by atoms with Gasteiger partial charge in [0.1, 0.15) is 0 Å². The lowest BCUT2D eigenvalue weighted by molar-refractivity contribution is 0.284. The Morgan fingerprint density at radius 2 is 2.22 bits per heavy atom. The molecule has 1 aromatic carbocycles. The molecule has 0 aliphatic heterocycles. The Labute approximate surface area is 108 Å². The predicted molar refractivity (Wildman–Crippen MR) is 71.2 cm³/mol. The van der Waals surface area contributed by atoms with Gasteiger partial charge in [0.2, 0.25) is 0 Å². The normalized spacial score (nSPS) is 16.6. The number of halogens is 1. The summed E-state index contributed by atoms with van der Waals surface area (Å²) in [5.41, 5.74) is 6.82. The molecule has 1 fully saturated rings. The number of benzene rings is 1. The molecule has 3 heteroatoms. The van der Waals surface area contributed by atoms with Crippen LogP contribution >= 0.6 is 0 Å². The second-order valence-electron chi connectivity index (χ2n) is 5.18. The minimum atomic E-state index is -0.272. The molecular formula is C15H22FNO. The van der Waals surface area contributed by atoms with E-state index in [-0.39, 0.29) is 11.9 Å². The molecular weight excluding hydrogens is 229 g/mol. The molecule has 1 atom stereocenters. The highest BCUT2D eigenvalue weighted by Gasteiger charge is 2.21. The fourth-order valence-electron chi connectivity index (χ4n) is 2.04. The summed E-state index contributed by atoms with van der Waals surface area (Å²) in [4.78, 5) is 0. The molecule has 1 aromatic rings. The number of para-hydroxylation sites is 1. The highest BCUT2D eigenvalue weighted by atomic mass is 19.1. The zero-order valence-electron chi connectivity index (χ0n) is 11.0. The molecule has 0 saturated heterocycles. The average Bonchev–Trinajstić information content (AvgIpc) is 3.16. The summed E-state index contributed by atoms with van der Waals surface area (Å²) < 4.78 is 19.4. The van der Waals surface area contributed by atoms with Gasteiger partial charge in [0.25, 0.3) is 0 Å². The number of nitrogens with two attached hydrogens (primary N) is 1. The van der Waals surface area contributed by atoms with Crippen molar-refractivity contribution in [1.82, 2.24) is 0 Å². The van der Waals surface area contributed by atoms with E-state index in [0.29, 0.717) is 18.8 Å². The molecule has 1 aliphatic carbocycles. The van der Waals surface area contributed by atoms with E-state index < -0.39 is 0 Å². The van der Waals surface area contributed by atoms with Crippen molar-refractivity contribution >= 4 is 0 Å². The molecule has 0 spiro atoms. The van der Waals surface area contributed by atoms with Crippen LogP contribution in [0.5, 0.6) is 5.75 Å². The molecule has 2 nitrogen and oxygen atoms in total. The third-order valence-corrected chi connectivity index (χ3v) is 3.52. The molecule has 0 amide bonds. The zero-order chi connectivity index (χ0) is 13.0. The van der Waals surface area contributed by atoms with Gasteiger partial charge in [-0.05, 0) is 36.8 Å². The Kier molecular flexibility index (Phi) is 4.59.